The van der Waals surface area contributed by atoms with Gasteiger partial charge < -0.3 is 9.84 Å². The lowest BCUT2D eigenvalue weighted by Gasteiger charge is -2.16. The number of carbonyl (C=O) groups is 1. The summed E-state index contributed by atoms with van der Waals surface area (Å²) in [4.78, 5) is 11.5. The van der Waals surface area contributed by atoms with Crippen LogP contribution in [0.5, 0.6) is 0 Å². The molecule has 0 radical (unpaired) electrons. The fourth-order valence-corrected chi connectivity index (χ4v) is 1.64. The number of hydrogen-bond donors (Lipinski definition) is 1. The van der Waals surface area contributed by atoms with E-state index in [4.69, 9.17) is 4.74 Å². The molecule has 0 aromatic rings. The van der Waals surface area contributed by atoms with Gasteiger partial charge in [-0.2, -0.15) is 0 Å². The summed E-state index contributed by atoms with van der Waals surface area (Å²) in [6.45, 7) is 3.98. The first kappa shape index (κ1) is 8.97. The Kier molecular flexibility index (Phi) is 2.09. The van der Waals surface area contributed by atoms with Crippen LogP contribution in [-0.2, 0) is 9.53 Å². The highest BCUT2D eigenvalue weighted by molar-refractivity contribution is 6.12. The number of fused-ring (bicyclic) bond motifs is 1. The van der Waals surface area contributed by atoms with Gasteiger partial charge in [0.05, 0.1) is 6.61 Å². The van der Waals surface area contributed by atoms with Gasteiger partial charge in [0, 0.05) is 11.1 Å². The zero-order valence-electron chi connectivity index (χ0n) is 7.56. The number of carbonyl (C=O) groups excluding carboxylic acids is 1. The molecule has 1 atom stereocenters. The summed E-state index contributed by atoms with van der Waals surface area (Å²) in [5.41, 5.74) is 1.01. The Morgan fingerprint density at radius 3 is 3.14 bits per heavy atom. The van der Waals surface area contributed by atoms with Crippen molar-refractivity contribution in [2.45, 2.75) is 6.10 Å². The topological polar surface area (TPSA) is 46.5 Å². The fourth-order valence-electron chi connectivity index (χ4n) is 1.64. The number of allylic oxidation sites excluding steroid dienone is 3. The van der Waals surface area contributed by atoms with E-state index in [0.29, 0.717) is 17.8 Å². The minimum atomic E-state index is -0.412. The SMILES string of the molecule is C=C/C=C1\C(=O)C(O)=C2C=CCO[C@H]21. The molecule has 1 heterocycles. The van der Waals surface area contributed by atoms with Gasteiger partial charge in [-0.05, 0) is 0 Å². The van der Waals surface area contributed by atoms with Gasteiger partial charge in [-0.3, -0.25) is 4.79 Å². The van der Waals surface area contributed by atoms with Crippen molar-refractivity contribution in [1.82, 2.24) is 0 Å². The second-order valence-electron chi connectivity index (χ2n) is 3.11. The smallest absolute Gasteiger partial charge is 0.226 e. The third-order valence-corrected chi connectivity index (χ3v) is 2.27. The maximum atomic E-state index is 11.5. The van der Waals surface area contributed by atoms with E-state index >= 15 is 0 Å². The molecule has 3 heteroatoms. The van der Waals surface area contributed by atoms with E-state index in [-0.39, 0.29) is 11.5 Å². The van der Waals surface area contributed by atoms with Crippen molar-refractivity contribution in [3.05, 3.63) is 47.8 Å². The van der Waals surface area contributed by atoms with Crippen LogP contribution in [0.4, 0.5) is 0 Å². The van der Waals surface area contributed by atoms with Crippen molar-refractivity contribution in [2.75, 3.05) is 6.61 Å². The Bertz CT molecular complexity index is 385. The molecule has 0 amide bonds. The van der Waals surface area contributed by atoms with Crippen LogP contribution < -0.4 is 0 Å². The van der Waals surface area contributed by atoms with Gasteiger partial charge >= 0.3 is 0 Å². The number of rotatable bonds is 1. The van der Waals surface area contributed by atoms with Crippen LogP contribution in [0.1, 0.15) is 0 Å². The number of ketones is 1. The molecule has 1 N–H and O–H groups in total. The maximum absolute atomic E-state index is 11.5. The Morgan fingerprint density at radius 1 is 1.64 bits per heavy atom. The van der Waals surface area contributed by atoms with Crippen molar-refractivity contribution in [2.24, 2.45) is 0 Å². The molecule has 0 saturated carbocycles. The lowest BCUT2D eigenvalue weighted by molar-refractivity contribution is -0.114. The molecule has 3 nitrogen and oxygen atoms in total. The predicted octanol–water partition coefficient (Wildman–Crippen LogP) is 1.45. The summed E-state index contributed by atoms with van der Waals surface area (Å²) in [5, 5.41) is 9.51. The summed E-state index contributed by atoms with van der Waals surface area (Å²) >= 11 is 0. The lowest BCUT2D eigenvalue weighted by Crippen LogP contribution is -2.18. The van der Waals surface area contributed by atoms with E-state index in [9.17, 15) is 9.90 Å². The van der Waals surface area contributed by atoms with Gasteiger partial charge in [0.25, 0.3) is 0 Å². The molecule has 0 spiro atoms. The molecule has 14 heavy (non-hydrogen) atoms. The van der Waals surface area contributed by atoms with Crippen LogP contribution in [0.3, 0.4) is 0 Å². The van der Waals surface area contributed by atoms with Crippen molar-refractivity contribution in [3.8, 4) is 0 Å². The molecule has 0 fully saturated rings. The molecule has 72 valence electrons. The average Bonchev–Trinajstić information content (AvgIpc) is 2.45. The number of aliphatic hydroxyl groups excluding tert-OH is 1. The van der Waals surface area contributed by atoms with Crippen molar-refractivity contribution in [3.63, 3.8) is 0 Å². The van der Waals surface area contributed by atoms with Crippen LogP contribution in [0.2, 0.25) is 0 Å². The largest absolute Gasteiger partial charge is 0.504 e. The summed E-state index contributed by atoms with van der Waals surface area (Å²) < 4.78 is 5.37. The number of aliphatic hydroxyl groups is 1. The Morgan fingerprint density at radius 2 is 2.43 bits per heavy atom. The predicted molar refractivity (Wildman–Crippen MR) is 51.8 cm³/mol. The van der Waals surface area contributed by atoms with Gasteiger partial charge in [-0.1, -0.05) is 30.9 Å². The lowest BCUT2D eigenvalue weighted by atomic mass is 10.1. The Hall–Kier alpha value is -1.61. The third-order valence-electron chi connectivity index (χ3n) is 2.27. The first-order valence-electron chi connectivity index (χ1n) is 4.34. The molecule has 0 saturated heterocycles. The minimum absolute atomic E-state index is 0.209. The molecule has 0 bridgehead atoms. The highest BCUT2D eigenvalue weighted by atomic mass is 16.5. The second kappa shape index (κ2) is 3.27. The first-order valence-corrected chi connectivity index (χ1v) is 4.34. The van der Waals surface area contributed by atoms with Gasteiger partial charge in [-0.15, -0.1) is 0 Å². The maximum Gasteiger partial charge on any atom is 0.226 e. The van der Waals surface area contributed by atoms with Crippen LogP contribution in [0.15, 0.2) is 47.8 Å². The van der Waals surface area contributed by atoms with Gasteiger partial charge in [-0.25, -0.2) is 0 Å². The number of ether oxygens (including phenoxy) is 1. The molecule has 2 aliphatic rings. The zero-order valence-corrected chi connectivity index (χ0v) is 7.56. The van der Waals surface area contributed by atoms with E-state index in [1.807, 2.05) is 0 Å². The molecular weight excluding hydrogens is 180 g/mol. The van der Waals surface area contributed by atoms with Crippen molar-refractivity contribution >= 4 is 5.78 Å². The Balaban J connectivity index is 2.48. The van der Waals surface area contributed by atoms with E-state index < -0.39 is 6.10 Å². The van der Waals surface area contributed by atoms with Crippen LogP contribution in [0, 0.1) is 0 Å². The molecule has 1 aliphatic heterocycles. The molecule has 1 aliphatic carbocycles. The highest BCUT2D eigenvalue weighted by Crippen LogP contribution is 2.32. The molecule has 0 aromatic carbocycles. The van der Waals surface area contributed by atoms with Crippen LogP contribution in [0.25, 0.3) is 0 Å². The molecule has 0 aromatic heterocycles. The summed E-state index contributed by atoms with van der Waals surface area (Å²) in [6, 6.07) is 0. The minimum Gasteiger partial charge on any atom is -0.504 e. The summed E-state index contributed by atoms with van der Waals surface area (Å²) in [7, 11) is 0. The van der Waals surface area contributed by atoms with Crippen molar-refractivity contribution < 1.29 is 14.6 Å². The molecular formula is C11H10O3. The fraction of sp³-hybridized carbons (Fsp3) is 0.182. The summed E-state index contributed by atoms with van der Waals surface area (Å²) in [5.74, 6) is -0.574. The van der Waals surface area contributed by atoms with Gasteiger partial charge in [0.1, 0.15) is 6.10 Å². The third kappa shape index (κ3) is 1.14. The van der Waals surface area contributed by atoms with E-state index in [1.165, 1.54) is 6.08 Å². The van der Waals surface area contributed by atoms with Crippen LogP contribution >= 0.6 is 0 Å². The zero-order chi connectivity index (χ0) is 10.1. The number of Topliss-reactive ketones (excluding diaryl/α,β-unsaturated/α-hetero) is 1. The molecule has 0 unspecified atom stereocenters. The van der Waals surface area contributed by atoms with Gasteiger partial charge in [0.2, 0.25) is 5.78 Å². The Labute approximate surface area is 81.7 Å². The first-order chi connectivity index (χ1) is 6.75. The number of hydrogen-bond acceptors (Lipinski definition) is 3. The highest BCUT2D eigenvalue weighted by Gasteiger charge is 2.37. The monoisotopic (exact) mass is 190 g/mol. The summed E-state index contributed by atoms with van der Waals surface area (Å²) in [6.07, 6.45) is 6.18. The van der Waals surface area contributed by atoms with Crippen LogP contribution in [-0.4, -0.2) is 23.6 Å². The second-order valence-corrected chi connectivity index (χ2v) is 3.11. The van der Waals surface area contributed by atoms with E-state index in [1.54, 1.807) is 18.2 Å². The van der Waals surface area contributed by atoms with Gasteiger partial charge in [0.15, 0.2) is 5.76 Å². The van der Waals surface area contributed by atoms with E-state index in [0.717, 1.165) is 0 Å². The standard InChI is InChI=1S/C11H10O3/c1-2-4-7-9(12)10(13)8-5-3-6-14-11(7)8/h2-5,11,13H,1,6H2/b7-4+/t11-/m0/s1. The average molecular weight is 190 g/mol. The molecule has 2 rings (SSSR count). The van der Waals surface area contributed by atoms with Crippen molar-refractivity contribution in [1.29, 1.82) is 0 Å². The normalized spacial score (nSPS) is 28.4. The van der Waals surface area contributed by atoms with E-state index in [2.05, 4.69) is 6.58 Å². The quantitative estimate of drug-likeness (QED) is 0.636.